The zero-order valence-corrected chi connectivity index (χ0v) is 23.7. The van der Waals surface area contributed by atoms with Gasteiger partial charge in [-0.25, -0.2) is 4.98 Å². The summed E-state index contributed by atoms with van der Waals surface area (Å²) < 4.78 is 118. The molecule has 0 saturated heterocycles. The molecule has 0 aliphatic heterocycles. The van der Waals surface area contributed by atoms with Gasteiger partial charge in [0.05, 0.1) is 34.5 Å². The number of rotatable bonds is 3. The van der Waals surface area contributed by atoms with Crippen LogP contribution in [0.15, 0.2) is 145 Å². The molecule has 208 valence electrons. The van der Waals surface area contributed by atoms with Crippen LogP contribution in [0.25, 0.3) is 71.9 Å². The van der Waals surface area contributed by atoms with E-state index in [4.69, 9.17) is 17.3 Å². The lowest BCUT2D eigenvalue weighted by Gasteiger charge is -2.23. The van der Waals surface area contributed by atoms with Gasteiger partial charge in [0.1, 0.15) is 5.82 Å². The molecular formula is C42H30N2. The summed E-state index contributed by atoms with van der Waals surface area (Å²) in [5, 5.41) is -0.250. The number of benzene rings is 7. The summed E-state index contributed by atoms with van der Waals surface area (Å²) >= 11 is 0. The summed E-state index contributed by atoms with van der Waals surface area (Å²) in [6, 6.07) is 13.1. The molecule has 0 atom stereocenters. The third-order valence-electron chi connectivity index (χ3n) is 8.73. The molecule has 0 bridgehead atoms. The normalized spacial score (nSPS) is 17.5. The average molecular weight is 576 g/mol. The van der Waals surface area contributed by atoms with Crippen LogP contribution in [0.5, 0.6) is 0 Å². The molecular weight excluding hydrogens is 532 g/mol. The predicted molar refractivity (Wildman–Crippen MR) is 185 cm³/mol. The average Bonchev–Trinajstić information content (AvgIpc) is 3.69. The van der Waals surface area contributed by atoms with Crippen molar-refractivity contribution in [2.75, 3.05) is 0 Å². The van der Waals surface area contributed by atoms with Crippen molar-refractivity contribution in [2.24, 2.45) is 0 Å². The maximum atomic E-state index is 9.49. The van der Waals surface area contributed by atoms with Crippen LogP contribution >= 0.6 is 0 Å². The molecule has 0 N–H and O–H groups in total. The van der Waals surface area contributed by atoms with Crippen LogP contribution in [0.2, 0.25) is 0 Å². The highest BCUT2D eigenvalue weighted by molar-refractivity contribution is 6.19. The first-order chi connectivity index (χ1) is 27.0. The molecule has 1 aliphatic rings. The van der Waals surface area contributed by atoms with Crippen molar-refractivity contribution in [2.45, 2.75) is 19.3 Å². The molecule has 0 saturated carbocycles. The number of fused-ring (bicyclic) bond motifs is 6. The largest absolute Gasteiger partial charge is 0.291 e. The van der Waals surface area contributed by atoms with Gasteiger partial charge in [0.2, 0.25) is 0 Å². The first kappa shape index (κ1) is 15.3. The molecule has 0 unspecified atom stereocenters. The number of nitrogens with zero attached hydrogens (tertiary/aromatic N) is 2. The monoisotopic (exact) mass is 575 g/mol. The van der Waals surface area contributed by atoms with Crippen molar-refractivity contribution >= 4 is 32.6 Å². The van der Waals surface area contributed by atoms with E-state index in [9.17, 15) is 5.48 Å². The van der Waals surface area contributed by atoms with Crippen molar-refractivity contribution in [1.29, 1.82) is 0 Å². The van der Waals surface area contributed by atoms with Gasteiger partial charge in [-0.05, 0) is 62.4 Å². The lowest BCUT2D eigenvalue weighted by molar-refractivity contribution is 0.660. The molecule has 44 heavy (non-hydrogen) atoms. The van der Waals surface area contributed by atoms with Crippen molar-refractivity contribution in [3.8, 4) is 39.3 Å². The summed E-state index contributed by atoms with van der Waals surface area (Å²) in [6.07, 6.45) is 0. The fourth-order valence-corrected chi connectivity index (χ4v) is 6.76. The van der Waals surface area contributed by atoms with Crippen molar-refractivity contribution in [3.05, 3.63) is 156 Å². The van der Waals surface area contributed by atoms with Crippen LogP contribution in [0.4, 0.5) is 0 Å². The van der Waals surface area contributed by atoms with Gasteiger partial charge in [0.25, 0.3) is 0 Å². The highest BCUT2D eigenvalue weighted by Crippen LogP contribution is 2.51. The quantitative estimate of drug-likeness (QED) is 0.192. The van der Waals surface area contributed by atoms with Crippen LogP contribution in [0, 0.1) is 0 Å². The van der Waals surface area contributed by atoms with Gasteiger partial charge in [-0.2, -0.15) is 0 Å². The first-order valence-corrected chi connectivity index (χ1v) is 14.3. The van der Waals surface area contributed by atoms with Crippen LogP contribution < -0.4 is 0 Å². The maximum Gasteiger partial charge on any atom is 0.145 e. The van der Waals surface area contributed by atoms with Gasteiger partial charge in [0.15, 0.2) is 0 Å². The Morgan fingerprint density at radius 3 is 1.95 bits per heavy atom. The Morgan fingerprint density at radius 2 is 1.20 bits per heavy atom. The predicted octanol–water partition coefficient (Wildman–Crippen LogP) is 11.0. The SMILES string of the molecule is [2H]c1c([2H])c([2H])c(-c2nc3ccccc3n2-c2c3c([2H])c([2H])c([2H])c([2H])c3c(-c3ccc4c(c3)C(C)(C)c3ccccc3-4)c3c([2H])c([2H])c([2H])c([2H])c23)c([2H])c1[2H]. The van der Waals surface area contributed by atoms with E-state index < -0.39 is 84.0 Å². The molecule has 2 heteroatoms. The third kappa shape index (κ3) is 3.46. The molecule has 7 aromatic carbocycles. The summed E-state index contributed by atoms with van der Waals surface area (Å²) in [4.78, 5) is 4.76. The molecule has 0 radical (unpaired) electrons. The van der Waals surface area contributed by atoms with Crippen molar-refractivity contribution in [3.63, 3.8) is 0 Å². The Hall–Kier alpha value is -5.47. The topological polar surface area (TPSA) is 17.8 Å². The minimum Gasteiger partial charge on any atom is -0.291 e. The fourth-order valence-electron chi connectivity index (χ4n) is 6.76. The Labute approximate surface area is 275 Å². The Bertz CT molecular complexity index is 3040. The minimum absolute atomic E-state index is 0.0217. The number of imidazole rings is 1. The molecule has 2 nitrogen and oxygen atoms in total. The van der Waals surface area contributed by atoms with E-state index in [0.29, 0.717) is 16.6 Å². The Morgan fingerprint density at radius 1 is 0.591 bits per heavy atom. The summed E-state index contributed by atoms with van der Waals surface area (Å²) in [6.45, 7) is 4.17. The van der Waals surface area contributed by atoms with E-state index in [2.05, 4.69) is 19.9 Å². The van der Waals surface area contributed by atoms with Gasteiger partial charge < -0.3 is 0 Å². The lowest BCUT2D eigenvalue weighted by atomic mass is 9.81. The summed E-state index contributed by atoms with van der Waals surface area (Å²) in [7, 11) is 0. The number of hydrogen-bond acceptors (Lipinski definition) is 1. The van der Waals surface area contributed by atoms with Gasteiger partial charge in [-0.1, -0.05) is 141 Å². The smallest absolute Gasteiger partial charge is 0.145 e. The van der Waals surface area contributed by atoms with Crippen LogP contribution in [0.1, 0.15) is 42.8 Å². The second-order valence-electron chi connectivity index (χ2n) is 11.4. The molecule has 9 rings (SSSR count). The van der Waals surface area contributed by atoms with E-state index in [1.165, 1.54) is 4.57 Å². The number of hydrogen-bond donors (Lipinski definition) is 0. The molecule has 0 amide bonds. The van der Waals surface area contributed by atoms with Crippen molar-refractivity contribution < 1.29 is 17.8 Å². The Kier molecular flexibility index (Phi) is 3.22. The van der Waals surface area contributed by atoms with E-state index in [0.717, 1.165) is 22.3 Å². The summed E-state index contributed by atoms with van der Waals surface area (Å²) in [5.41, 5.74) is 4.39. The van der Waals surface area contributed by atoms with Crippen LogP contribution in [-0.2, 0) is 5.41 Å². The second-order valence-corrected chi connectivity index (χ2v) is 11.4. The van der Waals surface area contributed by atoms with E-state index in [-0.39, 0.29) is 44.2 Å². The van der Waals surface area contributed by atoms with E-state index >= 15 is 0 Å². The standard InChI is InChI=1S/C42H30N2/c1-42(2)35-21-11-10-16-29(35)30-25-24-28(26-36(30)42)39-31-17-6-8-19-33(31)40(34-20-9-7-18-32(34)39)44-38-23-13-12-22-37(38)43-41(44)27-14-4-3-5-15-27/h3-26H,1-2H3/i3D,4D,5D,6D,7D,8D,9D,14D,15D,17D,18D,19D,20D. The van der Waals surface area contributed by atoms with Crippen LogP contribution in [0.3, 0.4) is 0 Å². The number of aromatic nitrogens is 2. The summed E-state index contributed by atoms with van der Waals surface area (Å²) in [5.74, 6) is -0.180. The highest BCUT2D eigenvalue weighted by Gasteiger charge is 2.35. The number of para-hydroxylation sites is 2. The molecule has 1 aromatic heterocycles. The zero-order chi connectivity index (χ0) is 40.7. The molecule has 1 aliphatic carbocycles. The molecule has 0 fully saturated rings. The van der Waals surface area contributed by atoms with Crippen LogP contribution in [-0.4, -0.2) is 9.55 Å². The zero-order valence-electron chi connectivity index (χ0n) is 36.7. The Balaban J connectivity index is 1.56. The van der Waals surface area contributed by atoms with Gasteiger partial charge >= 0.3 is 0 Å². The fraction of sp³-hybridized carbons (Fsp3) is 0.0714. The molecule has 8 aromatic rings. The maximum absolute atomic E-state index is 9.49. The highest BCUT2D eigenvalue weighted by atomic mass is 15.1. The molecule has 1 heterocycles. The van der Waals surface area contributed by atoms with Crippen molar-refractivity contribution in [1.82, 2.24) is 9.55 Å². The van der Waals surface area contributed by atoms with E-state index in [1.54, 1.807) is 30.3 Å². The first-order valence-electron chi connectivity index (χ1n) is 20.8. The minimum atomic E-state index is -0.625. The lowest BCUT2D eigenvalue weighted by Crippen LogP contribution is -2.14. The molecule has 0 spiro atoms. The van der Waals surface area contributed by atoms with Gasteiger partial charge in [-0.3, -0.25) is 4.57 Å². The second kappa shape index (κ2) is 9.26. The van der Waals surface area contributed by atoms with E-state index in [1.807, 2.05) is 30.3 Å². The third-order valence-corrected chi connectivity index (χ3v) is 8.73. The van der Waals surface area contributed by atoms with Gasteiger partial charge in [-0.15, -0.1) is 0 Å². The van der Waals surface area contributed by atoms with Gasteiger partial charge in [0, 0.05) is 21.8 Å².